The molecule has 0 spiro atoms. The Morgan fingerprint density at radius 2 is 2.04 bits per heavy atom. The van der Waals surface area contributed by atoms with Crippen molar-refractivity contribution in [2.75, 3.05) is 0 Å². The highest BCUT2D eigenvalue weighted by Crippen LogP contribution is 2.33. The van der Waals surface area contributed by atoms with E-state index in [-0.39, 0.29) is 10.9 Å². The second kappa shape index (κ2) is 4.95. The summed E-state index contributed by atoms with van der Waals surface area (Å²) in [5.41, 5.74) is 1.64. The number of alkyl halides is 3. The zero-order valence-corrected chi connectivity index (χ0v) is 12.4. The first-order valence-corrected chi connectivity index (χ1v) is 7.24. The summed E-state index contributed by atoms with van der Waals surface area (Å²) in [6, 6.07) is 3.22. The van der Waals surface area contributed by atoms with E-state index in [4.69, 9.17) is 0 Å². The van der Waals surface area contributed by atoms with Gasteiger partial charge in [0.1, 0.15) is 5.35 Å². The van der Waals surface area contributed by atoms with Crippen LogP contribution < -0.4 is 15.4 Å². The van der Waals surface area contributed by atoms with E-state index in [9.17, 15) is 27.9 Å². The van der Waals surface area contributed by atoms with E-state index in [1.54, 1.807) is 12.1 Å². The molecule has 128 valence electrons. The average molecular weight is 350 g/mol. The van der Waals surface area contributed by atoms with Gasteiger partial charge >= 0.3 is 18.1 Å². The van der Waals surface area contributed by atoms with Gasteiger partial charge in [0.15, 0.2) is 5.70 Å². The zero-order valence-electron chi connectivity index (χ0n) is 12.4. The predicted octanol–water partition coefficient (Wildman–Crippen LogP) is 0.511. The highest BCUT2D eigenvalue weighted by atomic mass is 19.4. The molecule has 0 atom stereocenters. The van der Waals surface area contributed by atoms with Crippen LogP contribution in [0.5, 0.6) is 0 Å². The molecular formula is C16H9F3N2O4. The second-order valence-electron chi connectivity index (χ2n) is 5.61. The van der Waals surface area contributed by atoms with E-state index >= 15 is 0 Å². The molecule has 0 fully saturated rings. The van der Waals surface area contributed by atoms with Crippen molar-refractivity contribution in [1.29, 1.82) is 0 Å². The van der Waals surface area contributed by atoms with Crippen molar-refractivity contribution in [3.05, 3.63) is 33.8 Å². The first-order chi connectivity index (χ1) is 11.8. The van der Waals surface area contributed by atoms with Crippen LogP contribution in [0.25, 0.3) is 22.7 Å². The van der Waals surface area contributed by atoms with E-state index in [2.05, 4.69) is 9.83 Å². The molecule has 2 aliphatic rings. The quantitative estimate of drug-likeness (QED) is 0.730. The first kappa shape index (κ1) is 15.4. The van der Waals surface area contributed by atoms with Gasteiger partial charge in [0.2, 0.25) is 0 Å². The molecule has 1 aliphatic carbocycles. The molecule has 1 N–H and O–H groups in total. The molecule has 4 rings (SSSR count). The number of aliphatic carboxylic acids is 1. The number of hydrogen-bond acceptors (Lipinski definition) is 4. The minimum absolute atomic E-state index is 0.172. The number of aromatic nitrogens is 1. The monoisotopic (exact) mass is 350 g/mol. The maximum atomic E-state index is 12.7. The van der Waals surface area contributed by atoms with Crippen LogP contribution in [0.3, 0.4) is 0 Å². The molecule has 25 heavy (non-hydrogen) atoms. The lowest BCUT2D eigenvalue weighted by Crippen LogP contribution is -2.42. The van der Waals surface area contributed by atoms with Crippen LogP contribution >= 0.6 is 0 Å². The number of benzene rings is 1. The normalized spacial score (nSPS) is 15.2. The molecule has 1 aromatic carbocycles. The Labute approximate surface area is 137 Å². The molecule has 0 saturated carbocycles. The molecule has 1 aromatic heterocycles. The van der Waals surface area contributed by atoms with Gasteiger partial charge < -0.3 is 9.94 Å². The number of nitrogens with zero attached hydrogens (tertiary/aromatic N) is 2. The van der Waals surface area contributed by atoms with Gasteiger partial charge in [0.05, 0.1) is 5.52 Å². The van der Waals surface area contributed by atoms with Crippen molar-refractivity contribution in [2.24, 2.45) is 4.99 Å². The van der Waals surface area contributed by atoms with Gasteiger partial charge in [-0.1, -0.05) is 12.1 Å². The Hall–Kier alpha value is -3.10. The van der Waals surface area contributed by atoms with Gasteiger partial charge in [-0.15, -0.1) is 0 Å². The SMILES string of the molecule is O=C(O)C1=c2c(c3c4c(ccc3n2OC(=O)C(F)(F)F)C4)=CCC=N1. The van der Waals surface area contributed by atoms with Crippen molar-refractivity contribution in [1.82, 2.24) is 4.73 Å². The summed E-state index contributed by atoms with van der Waals surface area (Å²) < 4.78 is 38.6. The number of carboxylic acid groups (broad SMARTS) is 1. The maximum absolute atomic E-state index is 12.7. The van der Waals surface area contributed by atoms with Crippen molar-refractivity contribution < 1.29 is 32.7 Å². The van der Waals surface area contributed by atoms with Crippen LogP contribution in [-0.4, -0.2) is 34.2 Å². The summed E-state index contributed by atoms with van der Waals surface area (Å²) in [4.78, 5) is 31.2. The van der Waals surface area contributed by atoms with Crippen LogP contribution in [0.2, 0.25) is 0 Å². The Balaban J connectivity index is 2.13. The van der Waals surface area contributed by atoms with Crippen molar-refractivity contribution >= 4 is 40.8 Å². The number of aliphatic imine (C=N–C) groups is 1. The highest BCUT2D eigenvalue weighted by Gasteiger charge is 2.42. The number of carboxylic acids is 1. The predicted molar refractivity (Wildman–Crippen MR) is 80.3 cm³/mol. The Kier molecular flexibility index (Phi) is 3.05. The molecule has 9 heteroatoms. The van der Waals surface area contributed by atoms with Crippen molar-refractivity contribution in [3.8, 4) is 0 Å². The largest absolute Gasteiger partial charge is 0.493 e. The summed E-state index contributed by atoms with van der Waals surface area (Å²) in [6.07, 6.45) is -1.25. The number of hydrogen-bond donors (Lipinski definition) is 1. The van der Waals surface area contributed by atoms with E-state index < -0.39 is 23.8 Å². The molecule has 1 aliphatic heterocycles. The minimum atomic E-state index is -5.21. The van der Waals surface area contributed by atoms with Gasteiger partial charge in [0, 0.05) is 23.2 Å². The zero-order chi connectivity index (χ0) is 17.9. The smallest absolute Gasteiger partial charge is 0.476 e. The fourth-order valence-electron chi connectivity index (χ4n) is 2.97. The number of carbonyl (C=O) groups is 2. The Morgan fingerprint density at radius 3 is 2.72 bits per heavy atom. The number of carbonyl (C=O) groups excluding carboxylic acids is 1. The lowest BCUT2D eigenvalue weighted by atomic mass is 10.2. The van der Waals surface area contributed by atoms with E-state index in [1.807, 2.05) is 0 Å². The molecule has 0 amide bonds. The van der Waals surface area contributed by atoms with Gasteiger partial charge in [-0.3, -0.25) is 4.99 Å². The molecule has 0 unspecified atom stereocenters. The fraction of sp³-hybridized carbons (Fsp3) is 0.188. The first-order valence-electron chi connectivity index (χ1n) is 7.24. The van der Waals surface area contributed by atoms with E-state index in [0.717, 1.165) is 11.1 Å². The molecule has 6 nitrogen and oxygen atoms in total. The number of halogens is 3. The third kappa shape index (κ3) is 2.31. The van der Waals surface area contributed by atoms with Gasteiger partial charge in [-0.05, 0) is 23.6 Å². The standard InChI is InChI=1S/C16H9F3N2O4/c17-16(18,19)15(24)25-21-10-4-3-7-6-9(7)11(10)8-2-1-5-20-12(13(8)21)14(22)23/h2-5H,1,6H2,(H,22,23). The van der Waals surface area contributed by atoms with E-state index in [0.29, 0.717) is 28.2 Å². The van der Waals surface area contributed by atoms with Gasteiger partial charge in [-0.25, -0.2) is 9.59 Å². The van der Waals surface area contributed by atoms with E-state index in [1.165, 1.54) is 12.3 Å². The van der Waals surface area contributed by atoms with Crippen LogP contribution in [0.1, 0.15) is 17.5 Å². The van der Waals surface area contributed by atoms with Crippen molar-refractivity contribution in [2.45, 2.75) is 19.0 Å². The summed E-state index contributed by atoms with van der Waals surface area (Å²) in [7, 11) is 0. The second-order valence-corrected chi connectivity index (χ2v) is 5.61. The van der Waals surface area contributed by atoms with Crippen molar-refractivity contribution in [3.63, 3.8) is 0 Å². The van der Waals surface area contributed by atoms with Gasteiger partial charge in [0.25, 0.3) is 0 Å². The molecule has 0 radical (unpaired) electrons. The Morgan fingerprint density at radius 1 is 1.28 bits per heavy atom. The molecular weight excluding hydrogens is 341 g/mol. The lowest BCUT2D eigenvalue weighted by Gasteiger charge is -2.09. The van der Waals surface area contributed by atoms with Crippen LogP contribution in [0, 0.1) is 0 Å². The van der Waals surface area contributed by atoms with Crippen LogP contribution in [0.4, 0.5) is 13.2 Å². The Bertz CT molecular complexity index is 1110. The average Bonchev–Trinajstić information content (AvgIpc) is 3.29. The lowest BCUT2D eigenvalue weighted by molar-refractivity contribution is -0.199. The summed E-state index contributed by atoms with van der Waals surface area (Å²) >= 11 is 0. The minimum Gasteiger partial charge on any atom is -0.476 e. The number of rotatable bonds is 2. The third-order valence-electron chi connectivity index (χ3n) is 4.06. The van der Waals surface area contributed by atoms with Crippen LogP contribution in [-0.2, 0) is 16.0 Å². The topological polar surface area (TPSA) is 80.9 Å². The molecule has 2 aromatic rings. The van der Waals surface area contributed by atoms with Gasteiger partial charge in [-0.2, -0.15) is 17.9 Å². The highest BCUT2D eigenvalue weighted by molar-refractivity contribution is 6.10. The number of fused-ring (bicyclic) bond motifs is 5. The summed E-state index contributed by atoms with van der Waals surface area (Å²) in [5.74, 6) is -3.86. The molecule has 0 bridgehead atoms. The summed E-state index contributed by atoms with van der Waals surface area (Å²) in [6.45, 7) is 0. The molecule has 2 heterocycles. The summed E-state index contributed by atoms with van der Waals surface area (Å²) in [5, 5.41) is 10.2. The molecule has 0 saturated heterocycles. The maximum Gasteiger partial charge on any atom is 0.493 e. The fourth-order valence-corrected chi connectivity index (χ4v) is 2.97. The van der Waals surface area contributed by atoms with Crippen LogP contribution in [0.15, 0.2) is 17.1 Å². The third-order valence-corrected chi connectivity index (χ3v) is 4.06.